The molecule has 2 atom stereocenters. The first kappa shape index (κ1) is 24.8. The van der Waals surface area contributed by atoms with E-state index in [0.717, 1.165) is 21.0 Å². The van der Waals surface area contributed by atoms with Crippen LogP contribution in [0.1, 0.15) is 31.7 Å². The first-order valence-electron chi connectivity index (χ1n) is 12.2. The third kappa shape index (κ3) is 4.67. The number of aromatic nitrogens is 2. The highest BCUT2D eigenvalue weighted by Gasteiger charge is 2.49. The summed E-state index contributed by atoms with van der Waals surface area (Å²) in [6.07, 6.45) is 8.50. The molecule has 1 fully saturated rings. The molecule has 0 saturated carbocycles. The molecule has 0 spiro atoms. The first-order valence-corrected chi connectivity index (χ1v) is 13.7. The van der Waals surface area contributed by atoms with Crippen molar-refractivity contribution in [3.8, 4) is 11.1 Å². The number of rotatable bonds is 7. The maximum absolute atomic E-state index is 14.0. The Labute approximate surface area is 216 Å². The SMILES string of the molecule is CC(C)CC(C(=O)N1CC=C2C1C(=O)CN2S(=O)(=O)c1cccnc1)c1cccc(-c2ccncc2)c1. The van der Waals surface area contributed by atoms with Crippen LogP contribution in [0.25, 0.3) is 11.1 Å². The number of sulfonamides is 1. The van der Waals surface area contributed by atoms with Gasteiger partial charge in [-0.05, 0) is 59.4 Å². The van der Waals surface area contributed by atoms with Crippen LogP contribution < -0.4 is 0 Å². The second kappa shape index (κ2) is 9.89. The van der Waals surface area contributed by atoms with Gasteiger partial charge in [0.15, 0.2) is 5.78 Å². The molecule has 5 rings (SSSR count). The fraction of sp³-hybridized carbons (Fsp3) is 0.286. The molecule has 0 N–H and O–H groups in total. The number of fused-ring (bicyclic) bond motifs is 1. The Morgan fingerprint density at radius 3 is 2.51 bits per heavy atom. The van der Waals surface area contributed by atoms with Gasteiger partial charge in [0, 0.05) is 31.3 Å². The molecule has 2 aliphatic heterocycles. The van der Waals surface area contributed by atoms with Crippen LogP contribution in [0.15, 0.2) is 90.0 Å². The van der Waals surface area contributed by atoms with Crippen molar-refractivity contribution in [1.82, 2.24) is 19.2 Å². The van der Waals surface area contributed by atoms with Gasteiger partial charge in [-0.15, -0.1) is 0 Å². The zero-order valence-corrected chi connectivity index (χ0v) is 21.5. The molecule has 0 radical (unpaired) electrons. The molecular formula is C28H28N4O4S. The van der Waals surface area contributed by atoms with Crippen LogP contribution in [0.5, 0.6) is 0 Å². The lowest BCUT2D eigenvalue weighted by atomic mass is 9.87. The number of nitrogens with zero attached hydrogens (tertiary/aromatic N) is 4. The van der Waals surface area contributed by atoms with Gasteiger partial charge in [0.05, 0.1) is 18.2 Å². The van der Waals surface area contributed by atoms with Crippen LogP contribution >= 0.6 is 0 Å². The highest BCUT2D eigenvalue weighted by Crippen LogP contribution is 2.37. The van der Waals surface area contributed by atoms with Crippen LogP contribution in [0, 0.1) is 5.92 Å². The molecule has 37 heavy (non-hydrogen) atoms. The average Bonchev–Trinajstić information content (AvgIpc) is 3.49. The van der Waals surface area contributed by atoms with Gasteiger partial charge in [-0.1, -0.05) is 38.1 Å². The molecule has 190 valence electrons. The highest BCUT2D eigenvalue weighted by molar-refractivity contribution is 7.89. The van der Waals surface area contributed by atoms with E-state index in [9.17, 15) is 18.0 Å². The number of Topliss-reactive ketones (excluding diaryl/α,β-unsaturated/α-hetero) is 1. The van der Waals surface area contributed by atoms with Crippen molar-refractivity contribution in [2.24, 2.45) is 5.92 Å². The van der Waals surface area contributed by atoms with E-state index in [0.29, 0.717) is 12.1 Å². The first-order chi connectivity index (χ1) is 17.8. The van der Waals surface area contributed by atoms with Crippen LogP contribution in [-0.2, 0) is 19.6 Å². The Balaban J connectivity index is 1.44. The summed E-state index contributed by atoms with van der Waals surface area (Å²) in [6, 6.07) is 13.8. The van der Waals surface area contributed by atoms with Gasteiger partial charge in [0.25, 0.3) is 10.0 Å². The predicted octanol–water partition coefficient (Wildman–Crippen LogP) is 3.64. The summed E-state index contributed by atoms with van der Waals surface area (Å²) in [5, 5.41) is 0. The van der Waals surface area contributed by atoms with Gasteiger partial charge in [-0.25, -0.2) is 8.42 Å². The number of benzene rings is 1. The van der Waals surface area contributed by atoms with Crippen LogP contribution in [0.4, 0.5) is 0 Å². The third-order valence-corrected chi connectivity index (χ3v) is 8.55. The topological polar surface area (TPSA) is 101 Å². The van der Waals surface area contributed by atoms with Gasteiger partial charge in [-0.3, -0.25) is 23.9 Å². The van der Waals surface area contributed by atoms with Crippen molar-refractivity contribution in [2.45, 2.75) is 37.1 Å². The molecule has 1 amide bonds. The molecule has 4 heterocycles. The van der Waals surface area contributed by atoms with Gasteiger partial charge < -0.3 is 4.90 Å². The summed E-state index contributed by atoms with van der Waals surface area (Å²) in [5.74, 6) is -0.717. The standard InChI is InChI=1S/C28H28N4O4S/c1-19(2)15-24(22-6-3-5-21(16-22)20-8-12-29-13-9-20)28(34)31-14-10-25-27(31)26(33)18-32(25)37(35,36)23-7-4-11-30-17-23/h3-13,16-17,19,24,27H,14-15,18H2,1-2H3. The summed E-state index contributed by atoms with van der Waals surface area (Å²) in [7, 11) is -3.96. The molecule has 1 saturated heterocycles. The summed E-state index contributed by atoms with van der Waals surface area (Å²) < 4.78 is 27.6. The molecule has 3 aromatic rings. The molecule has 2 unspecified atom stereocenters. The maximum Gasteiger partial charge on any atom is 0.266 e. The smallest absolute Gasteiger partial charge is 0.266 e. The largest absolute Gasteiger partial charge is 0.323 e. The molecule has 9 heteroatoms. The van der Waals surface area contributed by atoms with Gasteiger partial charge in [0.2, 0.25) is 5.91 Å². The van der Waals surface area contributed by atoms with Gasteiger partial charge in [0.1, 0.15) is 10.9 Å². The molecular weight excluding hydrogens is 488 g/mol. The Kier molecular flexibility index (Phi) is 6.64. The van der Waals surface area contributed by atoms with Gasteiger partial charge >= 0.3 is 0 Å². The number of amides is 1. The van der Waals surface area contributed by atoms with E-state index in [-0.39, 0.29) is 35.6 Å². The predicted molar refractivity (Wildman–Crippen MR) is 139 cm³/mol. The minimum Gasteiger partial charge on any atom is -0.323 e. The Morgan fingerprint density at radius 2 is 1.81 bits per heavy atom. The third-order valence-electron chi connectivity index (χ3n) is 6.79. The minimum absolute atomic E-state index is 0.0136. The lowest BCUT2D eigenvalue weighted by Crippen LogP contribution is -2.43. The summed E-state index contributed by atoms with van der Waals surface area (Å²) in [4.78, 5) is 36.6. The number of hydrogen-bond acceptors (Lipinski definition) is 6. The lowest BCUT2D eigenvalue weighted by Gasteiger charge is -2.29. The highest BCUT2D eigenvalue weighted by atomic mass is 32.2. The zero-order chi connectivity index (χ0) is 26.2. The maximum atomic E-state index is 14.0. The summed E-state index contributed by atoms with van der Waals surface area (Å²) >= 11 is 0. The number of carbonyl (C=O) groups excluding carboxylic acids is 2. The molecule has 1 aromatic carbocycles. The van der Waals surface area contributed by atoms with Crippen LogP contribution in [-0.4, -0.2) is 58.4 Å². The molecule has 8 nitrogen and oxygen atoms in total. The van der Waals surface area contributed by atoms with Gasteiger partial charge in [-0.2, -0.15) is 0 Å². The van der Waals surface area contributed by atoms with Crippen molar-refractivity contribution in [2.75, 3.05) is 13.1 Å². The number of carbonyl (C=O) groups is 2. The lowest BCUT2D eigenvalue weighted by molar-refractivity contribution is -0.137. The van der Waals surface area contributed by atoms with Crippen LogP contribution in [0.2, 0.25) is 0 Å². The minimum atomic E-state index is -3.96. The molecule has 2 aliphatic rings. The average molecular weight is 517 g/mol. The molecule has 0 aliphatic carbocycles. The fourth-order valence-electron chi connectivity index (χ4n) is 5.06. The van der Waals surface area contributed by atoms with Crippen molar-refractivity contribution in [3.05, 3.63) is 90.7 Å². The monoisotopic (exact) mass is 516 g/mol. The van der Waals surface area contributed by atoms with Crippen molar-refractivity contribution in [3.63, 3.8) is 0 Å². The van der Waals surface area contributed by atoms with Crippen LogP contribution in [0.3, 0.4) is 0 Å². The summed E-state index contributed by atoms with van der Waals surface area (Å²) in [5.41, 5.74) is 3.19. The Morgan fingerprint density at radius 1 is 1.03 bits per heavy atom. The summed E-state index contributed by atoms with van der Waals surface area (Å²) in [6.45, 7) is 4.00. The second-order valence-electron chi connectivity index (χ2n) is 9.73. The molecule has 0 bridgehead atoms. The Hall–Kier alpha value is -3.85. The zero-order valence-electron chi connectivity index (χ0n) is 20.7. The van der Waals surface area contributed by atoms with E-state index in [1.807, 2.05) is 36.4 Å². The van der Waals surface area contributed by atoms with Crippen molar-refractivity contribution < 1.29 is 18.0 Å². The van der Waals surface area contributed by atoms with E-state index in [2.05, 4.69) is 23.8 Å². The normalized spacial score (nSPS) is 18.2. The Bertz CT molecular complexity index is 1460. The second-order valence-corrected chi connectivity index (χ2v) is 11.6. The number of ketones is 1. The van der Waals surface area contributed by atoms with E-state index >= 15 is 0 Å². The quantitative estimate of drug-likeness (QED) is 0.475. The number of pyridine rings is 2. The fourth-order valence-corrected chi connectivity index (χ4v) is 6.51. The molecule has 2 aromatic heterocycles. The van der Waals surface area contributed by atoms with E-state index in [1.165, 1.54) is 29.4 Å². The van der Waals surface area contributed by atoms with Crippen molar-refractivity contribution >= 4 is 21.7 Å². The number of hydrogen-bond donors (Lipinski definition) is 0. The van der Waals surface area contributed by atoms with E-state index in [1.54, 1.807) is 18.5 Å². The van der Waals surface area contributed by atoms with E-state index in [4.69, 9.17) is 0 Å². The van der Waals surface area contributed by atoms with E-state index < -0.39 is 22.0 Å². The van der Waals surface area contributed by atoms with Crippen molar-refractivity contribution in [1.29, 1.82) is 0 Å².